The highest BCUT2D eigenvalue weighted by atomic mass is 32.1. The number of hydrogen-bond acceptors (Lipinski definition) is 3. The van der Waals surface area contributed by atoms with Gasteiger partial charge in [0.2, 0.25) is 0 Å². The van der Waals surface area contributed by atoms with Gasteiger partial charge < -0.3 is 0 Å². The molecule has 0 aliphatic carbocycles. The van der Waals surface area contributed by atoms with Crippen LogP contribution in [0.1, 0.15) is 8.30 Å². The summed E-state index contributed by atoms with van der Waals surface area (Å²) in [6.45, 7) is 1.62. The Balaban J connectivity index is 2.88. The molecule has 0 bridgehead atoms. The van der Waals surface area contributed by atoms with Gasteiger partial charge in [-0.15, -0.1) is 11.3 Å². The van der Waals surface area contributed by atoms with E-state index in [1.54, 1.807) is 13.0 Å². The second-order valence-electron chi connectivity index (χ2n) is 2.67. The summed E-state index contributed by atoms with van der Waals surface area (Å²) in [6, 6.07) is 3.10. The Morgan fingerprint density at radius 1 is 1.62 bits per heavy atom. The Kier molecular flexibility index (Phi) is 1.32. The molecule has 2 rings (SSSR count). The Bertz CT molecular complexity index is 565. The SMILES string of the molecule is [2H]c1sc2ccc([N+](=O)[O-])c(C)c2c1[2H]. The molecule has 3 nitrogen and oxygen atoms in total. The lowest BCUT2D eigenvalue weighted by Gasteiger charge is -1.97. The van der Waals surface area contributed by atoms with Crippen molar-refractivity contribution < 1.29 is 7.66 Å². The average Bonchev–Trinajstić information content (AvgIpc) is 2.43. The quantitative estimate of drug-likeness (QED) is 0.518. The highest BCUT2D eigenvalue weighted by Gasteiger charge is 2.12. The third-order valence-electron chi connectivity index (χ3n) is 1.93. The number of rotatable bonds is 1. The fourth-order valence-electron chi connectivity index (χ4n) is 1.25. The number of hydrogen-bond donors (Lipinski definition) is 0. The molecular weight excluding hydrogens is 186 g/mol. The Morgan fingerprint density at radius 2 is 2.38 bits per heavy atom. The predicted octanol–water partition coefficient (Wildman–Crippen LogP) is 3.12. The van der Waals surface area contributed by atoms with Gasteiger partial charge in [-0.05, 0) is 24.4 Å². The minimum absolute atomic E-state index is 0.00815. The standard InChI is InChI=1S/C9H7NO2S/c1-6-7-4-5-13-9(7)3-2-8(6)10(11)12/h2-5H,1H3/i4D,5D. The van der Waals surface area contributed by atoms with E-state index in [0.29, 0.717) is 10.9 Å². The maximum absolute atomic E-state index is 10.7. The zero-order valence-corrected chi connectivity index (χ0v) is 7.64. The van der Waals surface area contributed by atoms with Crippen LogP contribution in [-0.4, -0.2) is 4.92 Å². The molecule has 66 valence electrons. The molecule has 1 aromatic heterocycles. The average molecular weight is 195 g/mol. The second-order valence-corrected chi connectivity index (χ2v) is 3.52. The lowest BCUT2D eigenvalue weighted by Crippen LogP contribution is -1.90. The highest BCUT2D eigenvalue weighted by molar-refractivity contribution is 7.17. The summed E-state index contributed by atoms with van der Waals surface area (Å²) in [5.74, 6) is 0. The summed E-state index contributed by atoms with van der Waals surface area (Å²) in [6.07, 6.45) is 0. The van der Waals surface area contributed by atoms with Crippen LogP contribution in [0, 0.1) is 17.0 Å². The lowest BCUT2D eigenvalue weighted by atomic mass is 10.1. The maximum Gasteiger partial charge on any atom is 0.272 e. The minimum Gasteiger partial charge on any atom is -0.258 e. The number of thiophene rings is 1. The highest BCUT2D eigenvalue weighted by Crippen LogP contribution is 2.29. The van der Waals surface area contributed by atoms with Crippen LogP contribution in [0.5, 0.6) is 0 Å². The Labute approximate surface area is 81.6 Å². The van der Waals surface area contributed by atoms with Crippen molar-refractivity contribution in [1.82, 2.24) is 0 Å². The second kappa shape index (κ2) is 2.81. The third-order valence-corrected chi connectivity index (χ3v) is 2.70. The predicted molar refractivity (Wildman–Crippen MR) is 53.2 cm³/mol. The number of nitro groups is 1. The molecule has 0 saturated heterocycles. The summed E-state index contributed by atoms with van der Waals surface area (Å²) in [5, 5.41) is 11.4. The van der Waals surface area contributed by atoms with E-state index in [1.807, 2.05) is 0 Å². The van der Waals surface area contributed by atoms with Crippen molar-refractivity contribution in [3.8, 4) is 0 Å². The molecule has 0 unspecified atom stereocenters. The van der Waals surface area contributed by atoms with Gasteiger partial charge in [0, 0.05) is 21.7 Å². The van der Waals surface area contributed by atoms with Crippen molar-refractivity contribution in [2.75, 3.05) is 0 Å². The van der Waals surface area contributed by atoms with Crippen LogP contribution in [0.4, 0.5) is 5.69 Å². The van der Waals surface area contributed by atoms with E-state index in [2.05, 4.69) is 0 Å². The number of benzene rings is 1. The number of nitrogens with zero attached hydrogens (tertiary/aromatic N) is 1. The van der Waals surface area contributed by atoms with Gasteiger partial charge in [0.25, 0.3) is 5.69 Å². The Hall–Kier alpha value is -1.42. The van der Waals surface area contributed by atoms with Gasteiger partial charge in [0.05, 0.1) is 7.66 Å². The van der Waals surface area contributed by atoms with Gasteiger partial charge in [0.1, 0.15) is 0 Å². The van der Waals surface area contributed by atoms with E-state index >= 15 is 0 Å². The zero-order valence-electron chi connectivity index (χ0n) is 8.83. The maximum atomic E-state index is 10.7. The fraction of sp³-hybridized carbons (Fsp3) is 0.111. The van der Waals surface area contributed by atoms with Gasteiger partial charge >= 0.3 is 0 Å². The first-order valence-corrected chi connectivity index (χ1v) is 4.47. The molecule has 0 atom stereocenters. The van der Waals surface area contributed by atoms with Crippen LogP contribution in [0.25, 0.3) is 10.1 Å². The van der Waals surface area contributed by atoms with Crippen molar-refractivity contribution in [1.29, 1.82) is 0 Å². The lowest BCUT2D eigenvalue weighted by molar-refractivity contribution is -0.385. The number of fused-ring (bicyclic) bond motifs is 1. The molecule has 0 spiro atoms. The molecule has 0 aliphatic heterocycles. The molecule has 0 radical (unpaired) electrons. The monoisotopic (exact) mass is 195 g/mol. The van der Waals surface area contributed by atoms with Crippen LogP contribution in [0.3, 0.4) is 0 Å². The van der Waals surface area contributed by atoms with E-state index in [4.69, 9.17) is 2.74 Å². The minimum atomic E-state index is -0.463. The summed E-state index contributed by atoms with van der Waals surface area (Å²) in [4.78, 5) is 10.2. The number of aryl methyl sites for hydroxylation is 1. The summed E-state index contributed by atoms with van der Waals surface area (Å²) >= 11 is 1.17. The molecule has 0 saturated carbocycles. The van der Waals surface area contributed by atoms with E-state index in [-0.39, 0.29) is 17.1 Å². The first-order valence-electron chi connectivity index (χ1n) is 4.66. The summed E-state index contributed by atoms with van der Waals surface area (Å²) < 4.78 is 15.9. The topological polar surface area (TPSA) is 43.1 Å². The first-order chi connectivity index (χ1) is 7.02. The van der Waals surface area contributed by atoms with Crippen molar-refractivity contribution in [3.05, 3.63) is 39.2 Å². The fourth-order valence-corrected chi connectivity index (χ4v) is 1.95. The van der Waals surface area contributed by atoms with Crippen LogP contribution < -0.4 is 0 Å². The van der Waals surface area contributed by atoms with Gasteiger partial charge in [-0.1, -0.05) is 0 Å². The summed E-state index contributed by atoms with van der Waals surface area (Å²) in [7, 11) is 0. The van der Waals surface area contributed by atoms with Crippen molar-refractivity contribution in [2.45, 2.75) is 6.92 Å². The van der Waals surface area contributed by atoms with Gasteiger partial charge in [0.15, 0.2) is 0 Å². The molecule has 0 aliphatic rings. The van der Waals surface area contributed by atoms with Gasteiger partial charge in [-0.25, -0.2) is 0 Å². The molecule has 0 fully saturated rings. The largest absolute Gasteiger partial charge is 0.272 e. The molecule has 4 heteroatoms. The van der Waals surface area contributed by atoms with Crippen LogP contribution >= 0.6 is 11.3 Å². The third kappa shape index (κ3) is 1.19. The van der Waals surface area contributed by atoms with Gasteiger partial charge in [-0.3, -0.25) is 10.1 Å². The number of nitro benzene ring substituents is 1. The van der Waals surface area contributed by atoms with E-state index in [9.17, 15) is 10.1 Å². The van der Waals surface area contributed by atoms with Crippen LogP contribution in [-0.2, 0) is 0 Å². The van der Waals surface area contributed by atoms with E-state index in [1.165, 1.54) is 17.4 Å². The first kappa shape index (κ1) is 6.10. The molecule has 1 heterocycles. The summed E-state index contributed by atoms with van der Waals surface area (Å²) in [5.41, 5.74) is 0.478. The Morgan fingerprint density at radius 3 is 3.08 bits per heavy atom. The smallest absolute Gasteiger partial charge is 0.258 e. The zero-order chi connectivity index (χ0) is 11.2. The normalized spacial score (nSPS) is 12.7. The van der Waals surface area contributed by atoms with E-state index < -0.39 is 4.92 Å². The molecule has 0 N–H and O–H groups in total. The molecule has 0 amide bonds. The van der Waals surface area contributed by atoms with E-state index in [0.717, 1.165) is 4.70 Å². The molecular formula is C9H7NO2S. The van der Waals surface area contributed by atoms with Crippen LogP contribution in [0.2, 0.25) is 0 Å². The van der Waals surface area contributed by atoms with Crippen molar-refractivity contribution in [3.63, 3.8) is 0 Å². The van der Waals surface area contributed by atoms with Crippen LogP contribution in [0.15, 0.2) is 23.5 Å². The van der Waals surface area contributed by atoms with Crippen molar-refractivity contribution >= 4 is 27.1 Å². The molecule has 1 aromatic carbocycles. The van der Waals surface area contributed by atoms with Crippen molar-refractivity contribution in [2.24, 2.45) is 0 Å². The molecule has 13 heavy (non-hydrogen) atoms. The van der Waals surface area contributed by atoms with Gasteiger partial charge in [-0.2, -0.15) is 0 Å². The molecule has 2 aromatic rings.